The number of piperidine rings is 1. The molecule has 1 aliphatic heterocycles. The molecule has 0 radical (unpaired) electrons. The lowest BCUT2D eigenvalue weighted by Crippen LogP contribution is -2.46. The Morgan fingerprint density at radius 1 is 1.14 bits per heavy atom. The highest BCUT2D eigenvalue weighted by atomic mass is 35.5. The SMILES string of the molecule is CCN1C(=O)CCC(C(=O)Nc2cccc(CNC(=O)Nc3ccccc3Cl)c2)C1c1cnn(C)c1. The molecule has 2 heterocycles. The fourth-order valence-corrected chi connectivity index (χ4v) is 4.69. The van der Waals surface area contributed by atoms with Crippen LogP contribution in [0.4, 0.5) is 16.2 Å². The number of para-hydroxylation sites is 1. The lowest BCUT2D eigenvalue weighted by molar-refractivity contribution is -0.141. The molecular weight excluding hydrogens is 480 g/mol. The third kappa shape index (κ3) is 5.85. The number of amides is 4. The van der Waals surface area contributed by atoms with Gasteiger partial charge < -0.3 is 20.9 Å². The molecule has 1 aliphatic rings. The normalized spacial score (nSPS) is 17.5. The molecule has 0 saturated carbocycles. The number of anilines is 2. The Labute approximate surface area is 214 Å². The van der Waals surface area contributed by atoms with Crippen LogP contribution >= 0.6 is 11.6 Å². The second kappa shape index (κ2) is 11.3. The number of nitrogens with one attached hydrogen (secondary N) is 3. The molecule has 4 rings (SSSR count). The zero-order valence-corrected chi connectivity index (χ0v) is 21.0. The summed E-state index contributed by atoms with van der Waals surface area (Å²) in [5, 5.41) is 13.2. The van der Waals surface area contributed by atoms with E-state index in [0.717, 1.165) is 11.1 Å². The van der Waals surface area contributed by atoms with Crippen LogP contribution in [-0.2, 0) is 23.2 Å². The molecule has 188 valence electrons. The quantitative estimate of drug-likeness (QED) is 0.441. The Balaban J connectivity index is 1.42. The highest BCUT2D eigenvalue weighted by molar-refractivity contribution is 6.33. The number of nitrogens with zero attached hydrogens (tertiary/aromatic N) is 3. The van der Waals surface area contributed by atoms with Crippen LogP contribution in [0.25, 0.3) is 0 Å². The average Bonchev–Trinajstić information content (AvgIpc) is 3.30. The summed E-state index contributed by atoms with van der Waals surface area (Å²) in [6.07, 6.45) is 4.36. The lowest BCUT2D eigenvalue weighted by atomic mass is 9.84. The summed E-state index contributed by atoms with van der Waals surface area (Å²) in [7, 11) is 1.81. The molecule has 10 heteroatoms. The molecule has 9 nitrogen and oxygen atoms in total. The highest BCUT2D eigenvalue weighted by Crippen LogP contribution is 2.37. The van der Waals surface area contributed by atoms with Crippen molar-refractivity contribution in [3.63, 3.8) is 0 Å². The molecule has 1 aromatic heterocycles. The van der Waals surface area contributed by atoms with Gasteiger partial charge in [0.25, 0.3) is 0 Å². The molecule has 2 aromatic carbocycles. The van der Waals surface area contributed by atoms with Crippen molar-refractivity contribution in [1.29, 1.82) is 0 Å². The van der Waals surface area contributed by atoms with Gasteiger partial charge in [-0.05, 0) is 43.2 Å². The maximum Gasteiger partial charge on any atom is 0.319 e. The van der Waals surface area contributed by atoms with Gasteiger partial charge in [0.1, 0.15) is 0 Å². The number of aromatic nitrogens is 2. The van der Waals surface area contributed by atoms with Crippen LogP contribution in [-0.4, -0.2) is 39.1 Å². The van der Waals surface area contributed by atoms with Crippen molar-refractivity contribution in [2.75, 3.05) is 17.2 Å². The van der Waals surface area contributed by atoms with E-state index in [4.69, 9.17) is 11.6 Å². The number of carbonyl (C=O) groups excluding carboxylic acids is 3. The number of urea groups is 1. The van der Waals surface area contributed by atoms with Crippen LogP contribution in [0.1, 0.15) is 36.9 Å². The Morgan fingerprint density at radius 3 is 2.67 bits per heavy atom. The van der Waals surface area contributed by atoms with Crippen molar-refractivity contribution in [2.45, 2.75) is 32.4 Å². The lowest BCUT2D eigenvalue weighted by Gasteiger charge is -2.39. The molecule has 3 aromatic rings. The summed E-state index contributed by atoms with van der Waals surface area (Å²) in [5.74, 6) is -0.523. The summed E-state index contributed by atoms with van der Waals surface area (Å²) < 4.78 is 1.68. The van der Waals surface area contributed by atoms with Gasteiger partial charge in [-0.3, -0.25) is 14.3 Å². The topological polar surface area (TPSA) is 108 Å². The summed E-state index contributed by atoms with van der Waals surface area (Å²) in [5.41, 5.74) is 2.80. The zero-order valence-electron chi connectivity index (χ0n) is 20.2. The van der Waals surface area contributed by atoms with Gasteiger partial charge in [0.2, 0.25) is 11.8 Å². The van der Waals surface area contributed by atoms with E-state index in [1.165, 1.54) is 0 Å². The zero-order chi connectivity index (χ0) is 25.7. The monoisotopic (exact) mass is 508 g/mol. The maximum atomic E-state index is 13.4. The van der Waals surface area contributed by atoms with E-state index in [-0.39, 0.29) is 30.4 Å². The number of aryl methyl sites for hydroxylation is 1. The molecule has 2 atom stereocenters. The molecule has 2 unspecified atom stereocenters. The molecular formula is C26H29ClN6O3. The fourth-order valence-electron chi connectivity index (χ4n) is 4.51. The Hall–Kier alpha value is -3.85. The van der Waals surface area contributed by atoms with Crippen molar-refractivity contribution in [3.8, 4) is 0 Å². The van der Waals surface area contributed by atoms with Gasteiger partial charge in [-0.2, -0.15) is 5.10 Å². The first-order chi connectivity index (χ1) is 17.4. The summed E-state index contributed by atoms with van der Waals surface area (Å²) in [4.78, 5) is 40.0. The fraction of sp³-hybridized carbons (Fsp3) is 0.308. The number of carbonyl (C=O) groups is 3. The van der Waals surface area contributed by atoms with E-state index in [9.17, 15) is 14.4 Å². The number of benzene rings is 2. The predicted molar refractivity (Wildman–Crippen MR) is 138 cm³/mol. The minimum Gasteiger partial charge on any atom is -0.335 e. The van der Waals surface area contributed by atoms with Gasteiger partial charge in [0.15, 0.2) is 0 Å². The van der Waals surface area contributed by atoms with Gasteiger partial charge in [0.05, 0.1) is 28.9 Å². The van der Waals surface area contributed by atoms with Crippen LogP contribution in [0, 0.1) is 5.92 Å². The Bertz CT molecular complexity index is 1260. The van der Waals surface area contributed by atoms with E-state index < -0.39 is 5.92 Å². The molecule has 36 heavy (non-hydrogen) atoms. The van der Waals surface area contributed by atoms with Gasteiger partial charge in [-0.1, -0.05) is 35.9 Å². The number of halogens is 1. The van der Waals surface area contributed by atoms with Crippen molar-refractivity contribution >= 4 is 40.8 Å². The van der Waals surface area contributed by atoms with Gasteiger partial charge in [-0.15, -0.1) is 0 Å². The van der Waals surface area contributed by atoms with Gasteiger partial charge in [0, 0.05) is 44.0 Å². The minimum atomic E-state index is -0.407. The molecule has 1 fully saturated rings. The highest BCUT2D eigenvalue weighted by Gasteiger charge is 2.40. The van der Waals surface area contributed by atoms with Crippen LogP contribution in [0.3, 0.4) is 0 Å². The van der Waals surface area contributed by atoms with Crippen LogP contribution in [0.15, 0.2) is 60.9 Å². The van der Waals surface area contributed by atoms with Gasteiger partial charge in [-0.25, -0.2) is 4.79 Å². The first kappa shape index (κ1) is 25.2. The minimum absolute atomic E-state index is 0.0403. The van der Waals surface area contributed by atoms with E-state index in [1.54, 1.807) is 46.1 Å². The molecule has 3 N–H and O–H groups in total. The van der Waals surface area contributed by atoms with Gasteiger partial charge >= 0.3 is 6.03 Å². The van der Waals surface area contributed by atoms with Crippen LogP contribution in [0.2, 0.25) is 5.02 Å². The van der Waals surface area contributed by atoms with Crippen molar-refractivity contribution < 1.29 is 14.4 Å². The average molecular weight is 509 g/mol. The molecule has 1 saturated heterocycles. The maximum absolute atomic E-state index is 13.4. The van der Waals surface area contributed by atoms with Crippen molar-refractivity contribution in [2.24, 2.45) is 13.0 Å². The molecule has 0 aliphatic carbocycles. The second-order valence-corrected chi connectivity index (χ2v) is 9.10. The third-order valence-electron chi connectivity index (χ3n) is 6.22. The smallest absolute Gasteiger partial charge is 0.319 e. The van der Waals surface area contributed by atoms with E-state index in [2.05, 4.69) is 21.0 Å². The van der Waals surface area contributed by atoms with Crippen molar-refractivity contribution in [3.05, 3.63) is 77.1 Å². The van der Waals surface area contributed by atoms with Crippen molar-refractivity contribution in [1.82, 2.24) is 20.0 Å². The van der Waals surface area contributed by atoms with E-state index in [1.807, 2.05) is 38.4 Å². The summed E-state index contributed by atoms with van der Waals surface area (Å²) in [6.45, 7) is 2.69. The van der Waals surface area contributed by atoms with E-state index in [0.29, 0.717) is 35.8 Å². The predicted octanol–water partition coefficient (Wildman–Crippen LogP) is 4.33. The largest absolute Gasteiger partial charge is 0.335 e. The number of likely N-dealkylation sites (tertiary alicyclic amines) is 1. The number of rotatable bonds is 7. The van der Waals surface area contributed by atoms with E-state index >= 15 is 0 Å². The Morgan fingerprint density at radius 2 is 1.94 bits per heavy atom. The first-order valence-corrected chi connectivity index (χ1v) is 12.2. The second-order valence-electron chi connectivity index (χ2n) is 8.69. The Kier molecular flexibility index (Phi) is 7.90. The number of hydrogen-bond acceptors (Lipinski definition) is 4. The first-order valence-electron chi connectivity index (χ1n) is 11.8. The summed E-state index contributed by atoms with van der Waals surface area (Å²) >= 11 is 6.09. The molecule has 0 bridgehead atoms. The molecule has 4 amide bonds. The van der Waals surface area contributed by atoms with Crippen LogP contribution < -0.4 is 16.0 Å². The third-order valence-corrected chi connectivity index (χ3v) is 6.55. The molecule has 0 spiro atoms. The van der Waals surface area contributed by atoms with Crippen LogP contribution in [0.5, 0.6) is 0 Å². The summed E-state index contributed by atoms with van der Waals surface area (Å²) in [6, 6.07) is 13.5. The number of hydrogen-bond donors (Lipinski definition) is 3. The standard InChI is InChI=1S/C26H29ClN6O3/c1-3-33-23(34)12-11-20(24(33)18-15-29-32(2)16-18)25(35)30-19-8-6-7-17(13-19)14-28-26(36)31-22-10-5-4-9-21(22)27/h4-10,13,15-16,20,24H,3,11-12,14H2,1-2H3,(H,30,35)(H2,28,31,36).